The second-order valence-corrected chi connectivity index (χ2v) is 6.02. The van der Waals surface area contributed by atoms with Gasteiger partial charge >= 0.3 is 5.97 Å². The molecule has 1 unspecified atom stereocenters. The fourth-order valence-corrected chi connectivity index (χ4v) is 3.28. The summed E-state index contributed by atoms with van der Waals surface area (Å²) >= 11 is 0. The molecule has 1 heterocycles. The van der Waals surface area contributed by atoms with Crippen LogP contribution in [0.25, 0.3) is 10.8 Å². The van der Waals surface area contributed by atoms with Gasteiger partial charge in [-0.05, 0) is 29.2 Å². The van der Waals surface area contributed by atoms with Crippen LogP contribution in [-0.2, 0) is 20.7 Å². The zero-order chi connectivity index (χ0) is 16.2. The molecule has 1 aliphatic rings. The lowest BCUT2D eigenvalue weighted by Crippen LogP contribution is -2.43. The van der Waals surface area contributed by atoms with Gasteiger partial charge in [0.05, 0.1) is 19.4 Å². The fourth-order valence-electron chi connectivity index (χ4n) is 3.28. The Hall–Kier alpha value is -2.36. The number of ether oxygens (including phenoxy) is 1. The minimum atomic E-state index is -0.215. The molecule has 1 saturated heterocycles. The molecular formula is C19H21NO3. The molecule has 0 N–H and O–H groups in total. The van der Waals surface area contributed by atoms with Crippen molar-refractivity contribution in [2.75, 3.05) is 20.2 Å². The summed E-state index contributed by atoms with van der Waals surface area (Å²) in [7, 11) is 1.40. The van der Waals surface area contributed by atoms with Crippen LogP contribution in [0.2, 0.25) is 0 Å². The first-order chi connectivity index (χ1) is 11.2. The van der Waals surface area contributed by atoms with Crippen molar-refractivity contribution in [3.05, 3.63) is 48.0 Å². The summed E-state index contributed by atoms with van der Waals surface area (Å²) in [5.41, 5.74) is 1.04. The summed E-state index contributed by atoms with van der Waals surface area (Å²) in [5, 5.41) is 2.26. The van der Waals surface area contributed by atoms with Crippen molar-refractivity contribution in [2.45, 2.75) is 19.3 Å². The third-order valence-electron chi connectivity index (χ3n) is 4.53. The number of amides is 1. The molecule has 23 heavy (non-hydrogen) atoms. The molecule has 0 saturated carbocycles. The van der Waals surface area contributed by atoms with Crippen molar-refractivity contribution in [1.82, 2.24) is 4.90 Å². The van der Waals surface area contributed by atoms with Crippen LogP contribution >= 0.6 is 0 Å². The molecule has 3 rings (SSSR count). The largest absolute Gasteiger partial charge is 0.469 e. The van der Waals surface area contributed by atoms with Gasteiger partial charge in [0, 0.05) is 13.1 Å². The number of carbonyl (C=O) groups is 2. The topological polar surface area (TPSA) is 46.6 Å². The van der Waals surface area contributed by atoms with Crippen molar-refractivity contribution >= 4 is 22.6 Å². The van der Waals surface area contributed by atoms with Crippen LogP contribution in [0, 0.1) is 5.92 Å². The van der Waals surface area contributed by atoms with Gasteiger partial charge in [0.25, 0.3) is 0 Å². The van der Waals surface area contributed by atoms with E-state index in [1.807, 2.05) is 30.3 Å². The van der Waals surface area contributed by atoms with Crippen LogP contribution in [0.1, 0.15) is 18.4 Å². The van der Waals surface area contributed by atoms with Crippen molar-refractivity contribution in [1.29, 1.82) is 0 Å². The predicted molar refractivity (Wildman–Crippen MR) is 89.0 cm³/mol. The van der Waals surface area contributed by atoms with E-state index in [0.29, 0.717) is 13.0 Å². The van der Waals surface area contributed by atoms with E-state index in [-0.39, 0.29) is 17.8 Å². The van der Waals surface area contributed by atoms with E-state index in [9.17, 15) is 9.59 Å². The van der Waals surface area contributed by atoms with Gasteiger partial charge in [-0.3, -0.25) is 9.59 Å². The summed E-state index contributed by atoms with van der Waals surface area (Å²) in [6.45, 7) is 1.19. The second-order valence-electron chi connectivity index (χ2n) is 6.02. The van der Waals surface area contributed by atoms with Gasteiger partial charge in [0.1, 0.15) is 0 Å². The number of benzene rings is 2. The van der Waals surface area contributed by atoms with E-state index in [1.54, 1.807) is 4.90 Å². The Labute approximate surface area is 136 Å². The summed E-state index contributed by atoms with van der Waals surface area (Å²) in [6, 6.07) is 14.1. The van der Waals surface area contributed by atoms with Gasteiger partial charge in [-0.25, -0.2) is 0 Å². The second kappa shape index (κ2) is 6.82. The van der Waals surface area contributed by atoms with Crippen molar-refractivity contribution in [3.8, 4) is 0 Å². The highest BCUT2D eigenvalue weighted by molar-refractivity contribution is 5.90. The lowest BCUT2D eigenvalue weighted by molar-refractivity contribution is -0.148. The average molecular weight is 311 g/mol. The van der Waals surface area contributed by atoms with Gasteiger partial charge in [-0.2, -0.15) is 0 Å². The molecular weight excluding hydrogens is 290 g/mol. The Balaban J connectivity index is 1.74. The molecule has 1 aliphatic heterocycles. The number of rotatable bonds is 3. The smallest absolute Gasteiger partial charge is 0.310 e. The number of nitrogens with zero attached hydrogens (tertiary/aromatic N) is 1. The Morgan fingerprint density at radius 3 is 2.78 bits per heavy atom. The van der Waals surface area contributed by atoms with Crippen molar-refractivity contribution in [2.24, 2.45) is 5.92 Å². The molecule has 1 fully saturated rings. The number of hydrogen-bond donors (Lipinski definition) is 0. The van der Waals surface area contributed by atoms with Crippen molar-refractivity contribution < 1.29 is 14.3 Å². The number of methoxy groups -OCH3 is 1. The lowest BCUT2D eigenvalue weighted by atomic mass is 9.97. The molecule has 0 spiro atoms. The van der Waals surface area contributed by atoms with Crippen LogP contribution in [0.4, 0.5) is 0 Å². The maximum atomic E-state index is 12.6. The quantitative estimate of drug-likeness (QED) is 0.819. The molecule has 2 aromatic carbocycles. The first-order valence-corrected chi connectivity index (χ1v) is 8.01. The summed E-state index contributed by atoms with van der Waals surface area (Å²) in [4.78, 5) is 26.1. The molecule has 1 atom stereocenters. The number of hydrogen-bond acceptors (Lipinski definition) is 3. The van der Waals surface area contributed by atoms with E-state index >= 15 is 0 Å². The highest BCUT2D eigenvalue weighted by atomic mass is 16.5. The molecule has 4 heteroatoms. The molecule has 0 aromatic heterocycles. The zero-order valence-electron chi connectivity index (χ0n) is 13.3. The van der Waals surface area contributed by atoms with Gasteiger partial charge < -0.3 is 9.64 Å². The van der Waals surface area contributed by atoms with Gasteiger partial charge in [-0.1, -0.05) is 42.5 Å². The van der Waals surface area contributed by atoms with E-state index < -0.39 is 0 Å². The fraction of sp³-hybridized carbons (Fsp3) is 0.368. The van der Waals surface area contributed by atoms with Crippen LogP contribution in [-0.4, -0.2) is 37.0 Å². The highest BCUT2D eigenvalue weighted by Crippen LogP contribution is 2.22. The third-order valence-corrected chi connectivity index (χ3v) is 4.53. The summed E-state index contributed by atoms with van der Waals surface area (Å²) in [5.74, 6) is -0.326. The number of fused-ring (bicyclic) bond motifs is 1. The minimum absolute atomic E-state index is 0.0787. The maximum absolute atomic E-state index is 12.6. The van der Waals surface area contributed by atoms with E-state index in [4.69, 9.17) is 4.74 Å². The number of esters is 1. The van der Waals surface area contributed by atoms with E-state index in [1.165, 1.54) is 7.11 Å². The highest BCUT2D eigenvalue weighted by Gasteiger charge is 2.29. The maximum Gasteiger partial charge on any atom is 0.310 e. The first-order valence-electron chi connectivity index (χ1n) is 8.01. The molecule has 0 aliphatic carbocycles. The van der Waals surface area contributed by atoms with Gasteiger partial charge in [0.15, 0.2) is 0 Å². The molecule has 4 nitrogen and oxygen atoms in total. The predicted octanol–water partition coefficient (Wildman–Crippen LogP) is 2.79. The van der Waals surface area contributed by atoms with E-state index in [2.05, 4.69) is 12.1 Å². The first kappa shape index (κ1) is 15.5. The Morgan fingerprint density at radius 1 is 1.17 bits per heavy atom. The van der Waals surface area contributed by atoms with Crippen LogP contribution in [0.3, 0.4) is 0 Å². The molecule has 2 aromatic rings. The van der Waals surface area contributed by atoms with Crippen LogP contribution in [0.15, 0.2) is 42.5 Å². The number of piperidine rings is 1. The molecule has 1 amide bonds. The Morgan fingerprint density at radius 2 is 1.96 bits per heavy atom. The summed E-state index contributed by atoms with van der Waals surface area (Å²) in [6.07, 6.45) is 2.01. The van der Waals surface area contributed by atoms with Gasteiger partial charge in [-0.15, -0.1) is 0 Å². The van der Waals surface area contributed by atoms with Crippen molar-refractivity contribution in [3.63, 3.8) is 0 Å². The van der Waals surface area contributed by atoms with Crippen LogP contribution in [0.5, 0.6) is 0 Å². The standard InChI is InChI=1S/C19H21NO3/c1-23-19(22)16-9-5-11-20(13-16)18(21)12-15-8-4-7-14-6-2-3-10-17(14)15/h2-4,6-8,10,16H,5,9,11-13H2,1H3. The monoisotopic (exact) mass is 311 g/mol. The third kappa shape index (κ3) is 3.36. The summed E-state index contributed by atoms with van der Waals surface area (Å²) < 4.78 is 4.82. The molecule has 0 radical (unpaired) electrons. The zero-order valence-corrected chi connectivity index (χ0v) is 13.3. The lowest BCUT2D eigenvalue weighted by Gasteiger charge is -2.31. The molecule has 0 bridgehead atoms. The number of likely N-dealkylation sites (tertiary alicyclic amines) is 1. The minimum Gasteiger partial charge on any atom is -0.469 e. The van der Waals surface area contributed by atoms with Crippen LogP contribution < -0.4 is 0 Å². The SMILES string of the molecule is COC(=O)C1CCCN(C(=O)Cc2cccc3ccccc23)C1. The normalized spacial score (nSPS) is 18.0. The van der Waals surface area contributed by atoms with E-state index in [0.717, 1.165) is 35.7 Å². The average Bonchev–Trinajstić information content (AvgIpc) is 2.61. The molecule has 120 valence electrons. The Kier molecular flexibility index (Phi) is 4.60. The Bertz CT molecular complexity index is 720. The van der Waals surface area contributed by atoms with Gasteiger partial charge in [0.2, 0.25) is 5.91 Å². The number of carbonyl (C=O) groups excluding carboxylic acids is 2.